The zero-order valence-electron chi connectivity index (χ0n) is 12.2. The first-order valence-electron chi connectivity index (χ1n) is 6.62. The van der Waals surface area contributed by atoms with E-state index in [0.29, 0.717) is 16.7 Å². The van der Waals surface area contributed by atoms with Crippen LogP contribution in [0.4, 0.5) is 0 Å². The van der Waals surface area contributed by atoms with E-state index in [0.717, 1.165) is 5.69 Å². The zero-order chi connectivity index (χ0) is 14.9. The predicted molar refractivity (Wildman–Crippen MR) is 85.2 cm³/mol. The van der Waals surface area contributed by atoms with E-state index in [1.165, 1.54) is 11.1 Å². The third-order valence-corrected chi connectivity index (χ3v) is 3.98. The predicted octanol–water partition coefficient (Wildman–Crippen LogP) is 3.73. The van der Waals surface area contributed by atoms with Crippen LogP contribution in [-0.2, 0) is 11.8 Å². The van der Waals surface area contributed by atoms with Crippen LogP contribution < -0.4 is 5.56 Å². The van der Waals surface area contributed by atoms with Crippen LogP contribution in [0, 0.1) is 6.92 Å². The van der Waals surface area contributed by atoms with Gasteiger partial charge in [0.05, 0.1) is 5.69 Å². The molecule has 1 aromatic heterocycles. The molecule has 0 fully saturated rings. The van der Waals surface area contributed by atoms with Gasteiger partial charge in [-0.25, -0.2) is 4.98 Å². The van der Waals surface area contributed by atoms with Crippen molar-refractivity contribution in [1.82, 2.24) is 9.97 Å². The number of aromatic amines is 1. The number of benzene rings is 1. The summed E-state index contributed by atoms with van der Waals surface area (Å²) < 4.78 is 0.526. The average molecular weight is 335 g/mol. The second-order valence-electron chi connectivity index (χ2n) is 6.03. The Morgan fingerprint density at radius 3 is 2.50 bits per heavy atom. The second kappa shape index (κ2) is 5.52. The summed E-state index contributed by atoms with van der Waals surface area (Å²) in [5.74, 6) is 0.706. The standard InChI is InChI=1S/C16H19BrN2O/c1-10-7-5-6-8-11(10)9-12-18-14(16(2,3)4)13(17)15(20)19-12/h5-8H,9H2,1-4H3,(H,18,19,20). The van der Waals surface area contributed by atoms with Gasteiger partial charge in [0.25, 0.3) is 5.56 Å². The molecule has 106 valence electrons. The summed E-state index contributed by atoms with van der Waals surface area (Å²) in [7, 11) is 0. The van der Waals surface area contributed by atoms with E-state index in [1.54, 1.807) is 0 Å². The van der Waals surface area contributed by atoms with Crippen molar-refractivity contribution < 1.29 is 0 Å². The SMILES string of the molecule is Cc1ccccc1Cc1nc(C(C)(C)C)c(Br)c(=O)[nH]1. The molecule has 0 atom stereocenters. The third kappa shape index (κ3) is 3.18. The van der Waals surface area contributed by atoms with E-state index >= 15 is 0 Å². The average Bonchev–Trinajstić information content (AvgIpc) is 2.35. The summed E-state index contributed by atoms with van der Waals surface area (Å²) >= 11 is 3.34. The van der Waals surface area contributed by atoms with Gasteiger partial charge in [0.1, 0.15) is 10.3 Å². The molecular weight excluding hydrogens is 316 g/mol. The molecule has 0 radical (unpaired) electrons. The summed E-state index contributed by atoms with van der Waals surface area (Å²) in [6.45, 7) is 8.22. The lowest BCUT2D eigenvalue weighted by Crippen LogP contribution is -2.23. The van der Waals surface area contributed by atoms with Crippen molar-refractivity contribution in [2.75, 3.05) is 0 Å². The second-order valence-corrected chi connectivity index (χ2v) is 6.82. The molecule has 1 N–H and O–H groups in total. The molecule has 0 aliphatic carbocycles. The number of H-pyrrole nitrogens is 1. The van der Waals surface area contributed by atoms with E-state index in [-0.39, 0.29) is 11.0 Å². The summed E-state index contributed by atoms with van der Waals surface area (Å²) in [5, 5.41) is 0. The molecule has 0 saturated carbocycles. The fourth-order valence-corrected chi connectivity index (χ4v) is 2.86. The number of rotatable bonds is 2. The monoisotopic (exact) mass is 334 g/mol. The summed E-state index contributed by atoms with van der Waals surface area (Å²) in [4.78, 5) is 19.5. The Bertz CT molecular complexity index is 684. The molecule has 2 aromatic rings. The highest BCUT2D eigenvalue weighted by Gasteiger charge is 2.22. The smallest absolute Gasteiger partial charge is 0.265 e. The molecule has 0 aliphatic heterocycles. The van der Waals surface area contributed by atoms with Gasteiger partial charge in [-0.2, -0.15) is 0 Å². The van der Waals surface area contributed by atoms with Crippen molar-refractivity contribution in [2.24, 2.45) is 0 Å². The molecule has 0 unspecified atom stereocenters. The Kier molecular flexibility index (Phi) is 4.14. The first kappa shape index (κ1) is 15.0. The lowest BCUT2D eigenvalue weighted by molar-refractivity contribution is 0.557. The van der Waals surface area contributed by atoms with Gasteiger partial charge < -0.3 is 4.98 Å². The van der Waals surface area contributed by atoms with E-state index in [1.807, 2.05) is 12.1 Å². The van der Waals surface area contributed by atoms with Gasteiger partial charge in [-0.1, -0.05) is 45.0 Å². The van der Waals surface area contributed by atoms with Gasteiger partial charge in [-0.3, -0.25) is 4.79 Å². The van der Waals surface area contributed by atoms with E-state index in [2.05, 4.69) is 65.7 Å². The number of nitrogens with one attached hydrogen (secondary N) is 1. The fraction of sp³-hybridized carbons (Fsp3) is 0.375. The summed E-state index contributed by atoms with van der Waals surface area (Å²) in [6.07, 6.45) is 0.637. The number of aryl methyl sites for hydroxylation is 1. The minimum absolute atomic E-state index is 0.117. The van der Waals surface area contributed by atoms with Crippen LogP contribution in [0.25, 0.3) is 0 Å². The number of hydrogen-bond donors (Lipinski definition) is 1. The molecule has 4 heteroatoms. The van der Waals surface area contributed by atoms with Crippen molar-refractivity contribution in [3.63, 3.8) is 0 Å². The van der Waals surface area contributed by atoms with Crippen LogP contribution >= 0.6 is 15.9 Å². The van der Waals surface area contributed by atoms with Gasteiger partial charge in [0.15, 0.2) is 0 Å². The van der Waals surface area contributed by atoms with Crippen LogP contribution in [0.1, 0.15) is 43.4 Å². The van der Waals surface area contributed by atoms with Gasteiger partial charge in [0.2, 0.25) is 0 Å². The number of hydrogen-bond acceptors (Lipinski definition) is 2. The zero-order valence-corrected chi connectivity index (χ0v) is 13.8. The van der Waals surface area contributed by atoms with Crippen molar-refractivity contribution in [3.8, 4) is 0 Å². The molecule has 3 nitrogen and oxygen atoms in total. The summed E-state index contributed by atoms with van der Waals surface area (Å²) in [6, 6.07) is 8.15. The van der Waals surface area contributed by atoms with Gasteiger partial charge in [-0.05, 0) is 34.0 Å². The molecule has 2 rings (SSSR count). The van der Waals surface area contributed by atoms with Crippen LogP contribution in [0.2, 0.25) is 0 Å². The maximum Gasteiger partial charge on any atom is 0.265 e. The van der Waals surface area contributed by atoms with E-state index in [9.17, 15) is 4.79 Å². The summed E-state index contributed by atoms with van der Waals surface area (Å²) in [5.41, 5.74) is 2.89. The van der Waals surface area contributed by atoms with Crippen molar-refractivity contribution in [3.05, 3.63) is 61.7 Å². The topological polar surface area (TPSA) is 45.8 Å². The molecule has 0 bridgehead atoms. The lowest BCUT2D eigenvalue weighted by atomic mass is 9.92. The molecule has 0 saturated heterocycles. The first-order chi connectivity index (χ1) is 9.29. The van der Waals surface area contributed by atoms with Gasteiger partial charge in [0, 0.05) is 11.8 Å². The number of aromatic nitrogens is 2. The van der Waals surface area contributed by atoms with Crippen molar-refractivity contribution in [2.45, 2.75) is 39.5 Å². The van der Waals surface area contributed by atoms with Gasteiger partial charge >= 0.3 is 0 Å². The maximum atomic E-state index is 12.0. The Hall–Kier alpha value is -1.42. The molecule has 1 aromatic carbocycles. The molecular formula is C16H19BrN2O. The highest BCUT2D eigenvalue weighted by Crippen LogP contribution is 2.25. The van der Waals surface area contributed by atoms with Crippen LogP contribution in [0.5, 0.6) is 0 Å². The molecule has 0 aliphatic rings. The van der Waals surface area contributed by atoms with Gasteiger partial charge in [-0.15, -0.1) is 0 Å². The highest BCUT2D eigenvalue weighted by atomic mass is 79.9. The fourth-order valence-electron chi connectivity index (χ4n) is 2.07. The Labute approximate surface area is 127 Å². The third-order valence-electron chi connectivity index (χ3n) is 3.24. The molecule has 0 amide bonds. The quantitative estimate of drug-likeness (QED) is 0.909. The largest absolute Gasteiger partial charge is 0.309 e. The lowest BCUT2D eigenvalue weighted by Gasteiger charge is -2.19. The van der Waals surface area contributed by atoms with Crippen LogP contribution in [-0.4, -0.2) is 9.97 Å². The normalized spacial score (nSPS) is 11.7. The minimum Gasteiger partial charge on any atom is -0.309 e. The van der Waals surface area contributed by atoms with E-state index in [4.69, 9.17) is 0 Å². The Morgan fingerprint density at radius 2 is 1.90 bits per heavy atom. The Balaban J connectivity index is 2.47. The number of halogens is 1. The number of nitrogens with zero attached hydrogens (tertiary/aromatic N) is 1. The maximum absolute atomic E-state index is 12.0. The molecule has 1 heterocycles. The van der Waals surface area contributed by atoms with Crippen LogP contribution in [0.3, 0.4) is 0 Å². The first-order valence-corrected chi connectivity index (χ1v) is 7.42. The van der Waals surface area contributed by atoms with Crippen LogP contribution in [0.15, 0.2) is 33.5 Å². The van der Waals surface area contributed by atoms with E-state index < -0.39 is 0 Å². The van der Waals surface area contributed by atoms with Crippen molar-refractivity contribution >= 4 is 15.9 Å². The minimum atomic E-state index is -0.173. The molecule has 0 spiro atoms. The molecule has 20 heavy (non-hydrogen) atoms. The highest BCUT2D eigenvalue weighted by molar-refractivity contribution is 9.10. The van der Waals surface area contributed by atoms with Crippen molar-refractivity contribution in [1.29, 1.82) is 0 Å². The Morgan fingerprint density at radius 1 is 1.25 bits per heavy atom.